The average molecular weight is 431 g/mol. The third-order valence-corrected chi connectivity index (χ3v) is 6.95. The summed E-state index contributed by atoms with van der Waals surface area (Å²) in [6, 6.07) is 9.33. The molecular formula is C17H21Br2NS. The van der Waals surface area contributed by atoms with Gasteiger partial charge in [-0.1, -0.05) is 30.7 Å². The molecule has 0 fully saturated rings. The monoisotopic (exact) mass is 429 g/mol. The number of nitrogens with one attached hydrogen (secondary N) is 1. The van der Waals surface area contributed by atoms with Crippen molar-refractivity contribution < 1.29 is 0 Å². The van der Waals surface area contributed by atoms with Crippen LogP contribution in [0.5, 0.6) is 0 Å². The molecule has 1 nitrogen and oxygen atoms in total. The molecule has 1 aromatic carbocycles. The maximum absolute atomic E-state index is 3.69. The van der Waals surface area contributed by atoms with Crippen LogP contribution >= 0.6 is 43.2 Å². The average Bonchev–Trinajstić information content (AvgIpc) is 2.78. The molecule has 0 amide bonds. The molecule has 4 heteroatoms. The zero-order chi connectivity index (χ0) is 15.4. The molecule has 114 valence electrons. The first kappa shape index (κ1) is 17.2. The number of halogens is 2. The highest BCUT2D eigenvalue weighted by atomic mass is 79.9. The van der Waals surface area contributed by atoms with Crippen LogP contribution in [0.25, 0.3) is 0 Å². The standard InChI is InChI=1S/C17H21Br2NS/c1-4-7-20-15(16-10-14(18)17(19)21-16)9-13-8-11(2)5-6-12(13)3/h5-6,8,10,15,20H,4,7,9H2,1-3H3. The first-order valence-corrected chi connectivity index (χ1v) is 9.65. The van der Waals surface area contributed by atoms with Crippen LogP contribution in [0, 0.1) is 13.8 Å². The number of rotatable bonds is 6. The maximum Gasteiger partial charge on any atom is 0.0843 e. The maximum atomic E-state index is 3.69. The minimum atomic E-state index is 0.373. The number of hydrogen-bond donors (Lipinski definition) is 1. The molecule has 0 saturated heterocycles. The van der Waals surface area contributed by atoms with Crippen LogP contribution in [0.1, 0.15) is 41.0 Å². The third kappa shape index (κ3) is 4.65. The van der Waals surface area contributed by atoms with Gasteiger partial charge in [-0.05, 0) is 82.3 Å². The first-order chi connectivity index (χ1) is 10.0. The Bertz CT molecular complexity index is 587. The molecule has 0 aliphatic heterocycles. The van der Waals surface area contributed by atoms with Crippen molar-refractivity contribution in [1.29, 1.82) is 0 Å². The fourth-order valence-electron chi connectivity index (χ4n) is 2.37. The van der Waals surface area contributed by atoms with Crippen molar-refractivity contribution in [3.63, 3.8) is 0 Å². The van der Waals surface area contributed by atoms with Crippen LogP contribution in [0.3, 0.4) is 0 Å². The molecule has 1 unspecified atom stereocenters. The largest absolute Gasteiger partial charge is 0.309 e. The molecule has 0 aliphatic rings. The lowest BCUT2D eigenvalue weighted by Gasteiger charge is -2.19. The SMILES string of the molecule is CCCNC(Cc1cc(C)ccc1C)c1cc(Br)c(Br)s1. The number of benzene rings is 1. The van der Waals surface area contributed by atoms with Gasteiger partial charge in [0.15, 0.2) is 0 Å². The molecule has 1 heterocycles. The normalized spacial score (nSPS) is 12.6. The number of thiophene rings is 1. The first-order valence-electron chi connectivity index (χ1n) is 7.25. The summed E-state index contributed by atoms with van der Waals surface area (Å²) >= 11 is 9.02. The Morgan fingerprint density at radius 3 is 2.57 bits per heavy atom. The molecule has 0 bridgehead atoms. The molecular weight excluding hydrogens is 410 g/mol. The van der Waals surface area contributed by atoms with E-state index in [4.69, 9.17) is 0 Å². The fourth-order valence-corrected chi connectivity index (χ4v) is 4.53. The van der Waals surface area contributed by atoms with Gasteiger partial charge in [0.1, 0.15) is 0 Å². The lowest BCUT2D eigenvalue weighted by Crippen LogP contribution is -2.23. The summed E-state index contributed by atoms with van der Waals surface area (Å²) in [5, 5.41) is 3.69. The van der Waals surface area contributed by atoms with Gasteiger partial charge in [0.25, 0.3) is 0 Å². The highest BCUT2D eigenvalue weighted by molar-refractivity contribution is 9.13. The van der Waals surface area contributed by atoms with Crippen LogP contribution in [-0.2, 0) is 6.42 Å². The van der Waals surface area contributed by atoms with E-state index in [1.54, 1.807) is 0 Å². The van der Waals surface area contributed by atoms with Gasteiger partial charge in [0.2, 0.25) is 0 Å². The van der Waals surface area contributed by atoms with Gasteiger partial charge in [-0.2, -0.15) is 0 Å². The van der Waals surface area contributed by atoms with Gasteiger partial charge in [-0.15, -0.1) is 11.3 Å². The Hall–Kier alpha value is -0.160. The lowest BCUT2D eigenvalue weighted by atomic mass is 9.98. The quantitative estimate of drug-likeness (QED) is 0.577. The molecule has 2 aromatic rings. The van der Waals surface area contributed by atoms with Gasteiger partial charge in [0.05, 0.1) is 3.79 Å². The highest BCUT2D eigenvalue weighted by Gasteiger charge is 2.17. The second-order valence-corrected chi connectivity index (χ2v) is 8.67. The van der Waals surface area contributed by atoms with Gasteiger partial charge < -0.3 is 5.32 Å². The Balaban J connectivity index is 2.25. The summed E-state index contributed by atoms with van der Waals surface area (Å²) in [6.45, 7) is 7.62. The predicted molar refractivity (Wildman–Crippen MR) is 100 cm³/mol. The Morgan fingerprint density at radius 2 is 1.95 bits per heavy atom. The Morgan fingerprint density at radius 1 is 1.19 bits per heavy atom. The molecule has 0 saturated carbocycles. The molecule has 2 rings (SSSR count). The van der Waals surface area contributed by atoms with Crippen molar-refractivity contribution >= 4 is 43.2 Å². The van der Waals surface area contributed by atoms with Crippen molar-refractivity contribution in [1.82, 2.24) is 5.32 Å². The summed E-state index contributed by atoms with van der Waals surface area (Å²) in [7, 11) is 0. The predicted octanol–water partition coefficient (Wildman–Crippen LogP) is 6.17. The molecule has 1 atom stereocenters. The minimum Gasteiger partial charge on any atom is -0.309 e. The fraction of sp³-hybridized carbons (Fsp3) is 0.412. The van der Waals surface area contributed by atoms with Crippen molar-refractivity contribution in [3.05, 3.63) is 54.1 Å². The minimum absolute atomic E-state index is 0.373. The molecule has 1 aromatic heterocycles. The second kappa shape index (κ2) is 7.91. The molecule has 0 radical (unpaired) electrons. The topological polar surface area (TPSA) is 12.0 Å². The summed E-state index contributed by atoms with van der Waals surface area (Å²) in [4.78, 5) is 1.38. The summed E-state index contributed by atoms with van der Waals surface area (Å²) < 4.78 is 2.31. The number of aryl methyl sites for hydroxylation is 2. The van der Waals surface area contributed by atoms with E-state index in [2.05, 4.69) is 82.2 Å². The van der Waals surface area contributed by atoms with Crippen LogP contribution in [0.15, 0.2) is 32.5 Å². The van der Waals surface area contributed by atoms with Crippen LogP contribution in [-0.4, -0.2) is 6.54 Å². The van der Waals surface area contributed by atoms with Crippen molar-refractivity contribution in [2.24, 2.45) is 0 Å². The smallest absolute Gasteiger partial charge is 0.0843 e. The lowest BCUT2D eigenvalue weighted by molar-refractivity contribution is 0.535. The highest BCUT2D eigenvalue weighted by Crippen LogP contribution is 2.36. The molecule has 21 heavy (non-hydrogen) atoms. The third-order valence-electron chi connectivity index (χ3n) is 3.58. The van der Waals surface area contributed by atoms with Gasteiger partial charge in [-0.3, -0.25) is 0 Å². The van der Waals surface area contributed by atoms with E-state index in [1.807, 2.05) is 11.3 Å². The van der Waals surface area contributed by atoms with E-state index in [0.717, 1.165) is 23.9 Å². The van der Waals surface area contributed by atoms with E-state index in [9.17, 15) is 0 Å². The van der Waals surface area contributed by atoms with Crippen molar-refractivity contribution in [2.45, 2.75) is 39.7 Å². The summed E-state index contributed by atoms with van der Waals surface area (Å²) in [5.74, 6) is 0. The molecule has 0 aliphatic carbocycles. The summed E-state index contributed by atoms with van der Waals surface area (Å²) in [6.07, 6.45) is 2.18. The van der Waals surface area contributed by atoms with Gasteiger partial charge in [-0.25, -0.2) is 0 Å². The van der Waals surface area contributed by atoms with Crippen LogP contribution in [0.2, 0.25) is 0 Å². The van der Waals surface area contributed by atoms with Crippen LogP contribution in [0.4, 0.5) is 0 Å². The van der Waals surface area contributed by atoms with E-state index in [-0.39, 0.29) is 0 Å². The van der Waals surface area contributed by atoms with E-state index in [0.29, 0.717) is 6.04 Å². The van der Waals surface area contributed by atoms with Gasteiger partial charge in [0, 0.05) is 15.4 Å². The zero-order valence-electron chi connectivity index (χ0n) is 12.7. The second-order valence-electron chi connectivity index (χ2n) is 5.41. The zero-order valence-corrected chi connectivity index (χ0v) is 16.7. The van der Waals surface area contributed by atoms with E-state index < -0.39 is 0 Å². The summed E-state index contributed by atoms with van der Waals surface area (Å²) in [5.41, 5.74) is 4.14. The van der Waals surface area contributed by atoms with E-state index >= 15 is 0 Å². The van der Waals surface area contributed by atoms with Gasteiger partial charge >= 0.3 is 0 Å². The number of hydrogen-bond acceptors (Lipinski definition) is 2. The van der Waals surface area contributed by atoms with Crippen molar-refractivity contribution in [2.75, 3.05) is 6.54 Å². The molecule has 0 spiro atoms. The Labute approximate surface area is 148 Å². The van der Waals surface area contributed by atoms with E-state index in [1.165, 1.54) is 25.4 Å². The Kier molecular flexibility index (Phi) is 6.48. The van der Waals surface area contributed by atoms with Crippen LogP contribution < -0.4 is 5.32 Å². The van der Waals surface area contributed by atoms with Crippen molar-refractivity contribution in [3.8, 4) is 0 Å². The molecule has 1 N–H and O–H groups in total.